The third-order valence-electron chi connectivity index (χ3n) is 7.06. The second kappa shape index (κ2) is 9.91. The molecule has 0 aromatic heterocycles. The van der Waals surface area contributed by atoms with E-state index in [0.717, 1.165) is 18.4 Å². The molecule has 0 aliphatic heterocycles. The predicted molar refractivity (Wildman–Crippen MR) is 120 cm³/mol. The van der Waals surface area contributed by atoms with Crippen molar-refractivity contribution in [2.75, 3.05) is 27.7 Å². The van der Waals surface area contributed by atoms with Gasteiger partial charge < -0.3 is 10.2 Å². The number of nitrogens with zero attached hydrogens (tertiary/aromatic N) is 1. The van der Waals surface area contributed by atoms with E-state index in [1.54, 1.807) is 18.2 Å². The highest BCUT2D eigenvalue weighted by atomic mass is 16.1. The Morgan fingerprint density at radius 1 is 1.29 bits per heavy atom. The molecule has 28 heavy (non-hydrogen) atoms. The molecule has 1 aromatic rings. The van der Waals surface area contributed by atoms with Crippen LogP contribution in [0.4, 0.5) is 0 Å². The average molecular weight is 387 g/mol. The van der Waals surface area contributed by atoms with Gasteiger partial charge in [-0.1, -0.05) is 58.7 Å². The van der Waals surface area contributed by atoms with Gasteiger partial charge >= 0.3 is 0 Å². The molecule has 1 amide bonds. The van der Waals surface area contributed by atoms with Crippen molar-refractivity contribution in [1.82, 2.24) is 10.2 Å². The molecule has 3 unspecified atom stereocenters. The van der Waals surface area contributed by atoms with E-state index in [1.807, 2.05) is 19.0 Å². The Kier molecular flexibility index (Phi) is 8.12. The third kappa shape index (κ3) is 5.37. The minimum atomic E-state index is 0.101. The fourth-order valence-corrected chi connectivity index (χ4v) is 5.24. The van der Waals surface area contributed by atoms with Crippen molar-refractivity contribution >= 4 is 5.91 Å². The second-order valence-corrected chi connectivity index (χ2v) is 9.73. The maximum atomic E-state index is 10.6. The summed E-state index contributed by atoms with van der Waals surface area (Å²) in [4.78, 5) is 12.6. The molecule has 158 valence electrons. The van der Waals surface area contributed by atoms with Crippen molar-refractivity contribution in [3.05, 3.63) is 34.9 Å². The molecule has 3 atom stereocenters. The van der Waals surface area contributed by atoms with Gasteiger partial charge in [0.2, 0.25) is 5.91 Å². The number of hydrogen-bond acceptors (Lipinski definition) is 2. The van der Waals surface area contributed by atoms with Gasteiger partial charge in [0.15, 0.2) is 0 Å². The molecule has 3 nitrogen and oxygen atoms in total. The minimum Gasteiger partial charge on any atom is -0.359 e. The van der Waals surface area contributed by atoms with Gasteiger partial charge in [-0.3, -0.25) is 4.79 Å². The van der Waals surface area contributed by atoms with Crippen molar-refractivity contribution in [3.8, 4) is 0 Å². The fourth-order valence-electron chi connectivity index (χ4n) is 5.24. The lowest BCUT2D eigenvalue weighted by Gasteiger charge is -2.49. The normalized spacial score (nSPS) is 26.2. The minimum absolute atomic E-state index is 0.101. The number of aryl methyl sites for hydroxylation is 1. The number of benzene rings is 1. The van der Waals surface area contributed by atoms with E-state index in [2.05, 4.69) is 51.2 Å². The molecular formula is C25H42N2O. The van der Waals surface area contributed by atoms with E-state index in [4.69, 9.17) is 0 Å². The molecule has 1 aromatic carbocycles. The zero-order chi connectivity index (χ0) is 20.9. The highest BCUT2D eigenvalue weighted by Crippen LogP contribution is 2.52. The quantitative estimate of drug-likeness (QED) is 0.777. The maximum absolute atomic E-state index is 10.6. The monoisotopic (exact) mass is 386 g/mol. The molecule has 3 heteroatoms. The summed E-state index contributed by atoms with van der Waals surface area (Å²) in [6.07, 6.45) is 7.56. The number of nitrogens with one attached hydrogen (secondary N) is 1. The Hall–Kier alpha value is -1.35. The summed E-state index contributed by atoms with van der Waals surface area (Å²) in [5.74, 6) is 2.58. The number of carbonyl (C=O) groups is 1. The lowest BCUT2D eigenvalue weighted by molar-refractivity contribution is -0.120. The molecule has 0 bridgehead atoms. The van der Waals surface area contributed by atoms with E-state index in [9.17, 15) is 4.79 Å². The Balaban J connectivity index is 0.000000266. The van der Waals surface area contributed by atoms with Crippen molar-refractivity contribution in [2.24, 2.45) is 11.8 Å². The van der Waals surface area contributed by atoms with E-state index in [0.29, 0.717) is 17.8 Å². The topological polar surface area (TPSA) is 32.3 Å². The first kappa shape index (κ1) is 22.9. The van der Waals surface area contributed by atoms with Crippen LogP contribution in [0.1, 0.15) is 82.4 Å². The fraction of sp³-hybridized carbons (Fsp3) is 0.720. The zero-order valence-corrected chi connectivity index (χ0v) is 19.3. The Morgan fingerprint density at radius 3 is 2.61 bits per heavy atom. The van der Waals surface area contributed by atoms with Gasteiger partial charge in [-0.15, -0.1) is 0 Å². The SMILES string of the molecule is CC(C)c1ccc2c(c1)CCC1C(C)CCCC21C.CNC(=O)CCN(C)C. The Labute approximate surface area is 173 Å². The standard InChI is InChI=1S/C19H28.C6H14N2O/c1-13(2)15-7-10-18-16(12-15)8-9-17-14(3)6-5-11-19(17,18)4;1-7-6(9)4-5-8(2)3/h7,10,12-14,17H,5-6,8-9,11H2,1-4H3;4-5H2,1-3H3,(H,7,9). The summed E-state index contributed by atoms with van der Waals surface area (Å²) in [5.41, 5.74) is 5.31. The first-order valence-electron chi connectivity index (χ1n) is 11.2. The summed E-state index contributed by atoms with van der Waals surface area (Å²) in [5, 5.41) is 2.55. The van der Waals surface area contributed by atoms with E-state index >= 15 is 0 Å². The van der Waals surface area contributed by atoms with E-state index in [-0.39, 0.29) is 5.91 Å². The van der Waals surface area contributed by atoms with Gasteiger partial charge in [-0.25, -0.2) is 0 Å². The molecule has 0 radical (unpaired) electrons. The maximum Gasteiger partial charge on any atom is 0.221 e. The molecule has 1 fully saturated rings. The van der Waals surface area contributed by atoms with Crippen LogP contribution in [0.25, 0.3) is 0 Å². The average Bonchev–Trinajstić information content (AvgIpc) is 2.66. The molecular weight excluding hydrogens is 344 g/mol. The Bertz CT molecular complexity index is 652. The lowest BCUT2D eigenvalue weighted by Crippen LogP contribution is -2.43. The van der Waals surface area contributed by atoms with Crippen molar-refractivity contribution in [1.29, 1.82) is 0 Å². The highest BCUT2D eigenvalue weighted by molar-refractivity contribution is 5.75. The molecule has 0 heterocycles. The van der Waals surface area contributed by atoms with E-state index < -0.39 is 0 Å². The molecule has 2 aliphatic carbocycles. The first-order valence-corrected chi connectivity index (χ1v) is 11.2. The molecule has 0 spiro atoms. The zero-order valence-electron chi connectivity index (χ0n) is 19.3. The van der Waals surface area contributed by atoms with Gasteiger partial charge in [-0.2, -0.15) is 0 Å². The van der Waals surface area contributed by atoms with Crippen LogP contribution in [0, 0.1) is 11.8 Å². The predicted octanol–water partition coefficient (Wildman–Crippen LogP) is 5.13. The highest BCUT2D eigenvalue weighted by Gasteiger charge is 2.44. The summed E-state index contributed by atoms with van der Waals surface area (Å²) in [6.45, 7) is 10.4. The molecule has 0 saturated heterocycles. The summed E-state index contributed by atoms with van der Waals surface area (Å²) in [6, 6.07) is 7.35. The van der Waals surface area contributed by atoms with Crippen LogP contribution in [-0.2, 0) is 16.6 Å². The van der Waals surface area contributed by atoms with Crippen molar-refractivity contribution in [2.45, 2.75) is 77.6 Å². The van der Waals surface area contributed by atoms with Crippen LogP contribution in [0.3, 0.4) is 0 Å². The summed E-state index contributed by atoms with van der Waals surface area (Å²) >= 11 is 0. The third-order valence-corrected chi connectivity index (χ3v) is 7.06. The number of carbonyl (C=O) groups excluding carboxylic acids is 1. The largest absolute Gasteiger partial charge is 0.359 e. The second-order valence-electron chi connectivity index (χ2n) is 9.73. The molecule has 1 N–H and O–H groups in total. The van der Waals surface area contributed by atoms with E-state index in [1.165, 1.54) is 37.7 Å². The smallest absolute Gasteiger partial charge is 0.221 e. The van der Waals surface area contributed by atoms with Crippen molar-refractivity contribution in [3.63, 3.8) is 0 Å². The van der Waals surface area contributed by atoms with Crippen LogP contribution in [-0.4, -0.2) is 38.5 Å². The molecule has 1 saturated carbocycles. The van der Waals surface area contributed by atoms with Crippen LogP contribution in [0.15, 0.2) is 18.2 Å². The Morgan fingerprint density at radius 2 is 2.00 bits per heavy atom. The van der Waals surface area contributed by atoms with Crippen LogP contribution in [0.5, 0.6) is 0 Å². The molecule has 3 rings (SSSR count). The summed E-state index contributed by atoms with van der Waals surface area (Å²) < 4.78 is 0. The van der Waals surface area contributed by atoms with Gasteiger partial charge in [0.1, 0.15) is 0 Å². The van der Waals surface area contributed by atoms with Gasteiger partial charge in [0.05, 0.1) is 0 Å². The van der Waals surface area contributed by atoms with Crippen LogP contribution < -0.4 is 5.32 Å². The van der Waals surface area contributed by atoms with Gasteiger partial charge in [-0.05, 0) is 73.2 Å². The number of hydrogen-bond donors (Lipinski definition) is 1. The van der Waals surface area contributed by atoms with Crippen molar-refractivity contribution < 1.29 is 4.79 Å². The van der Waals surface area contributed by atoms with Gasteiger partial charge in [0, 0.05) is 20.0 Å². The number of fused-ring (bicyclic) bond motifs is 3. The lowest BCUT2D eigenvalue weighted by atomic mass is 9.55. The first-order chi connectivity index (χ1) is 13.2. The summed E-state index contributed by atoms with van der Waals surface area (Å²) in [7, 11) is 5.55. The number of rotatable bonds is 4. The van der Waals surface area contributed by atoms with Crippen LogP contribution >= 0.6 is 0 Å². The van der Waals surface area contributed by atoms with Gasteiger partial charge in [0.25, 0.3) is 0 Å². The molecule has 2 aliphatic rings. The number of amides is 1. The van der Waals surface area contributed by atoms with Crippen LogP contribution in [0.2, 0.25) is 0 Å².